The summed E-state index contributed by atoms with van der Waals surface area (Å²) < 4.78 is 1.70. The van der Waals surface area contributed by atoms with Crippen LogP contribution in [-0.2, 0) is 13.2 Å². The van der Waals surface area contributed by atoms with Crippen molar-refractivity contribution < 1.29 is 5.11 Å². The zero-order valence-electron chi connectivity index (χ0n) is 6.49. The average Bonchev–Trinajstić information content (AvgIpc) is 2.48. The minimum absolute atomic E-state index is 0.0421. The van der Waals surface area contributed by atoms with E-state index < -0.39 is 0 Å². The summed E-state index contributed by atoms with van der Waals surface area (Å²) in [4.78, 5) is 0. The predicted octanol–water partition coefficient (Wildman–Crippen LogP) is -1.01. The van der Waals surface area contributed by atoms with E-state index in [2.05, 4.69) is 15.6 Å². The van der Waals surface area contributed by atoms with Crippen molar-refractivity contribution in [1.29, 1.82) is 0 Å². The molecule has 0 fully saturated rings. The molecule has 0 aromatic carbocycles. The summed E-state index contributed by atoms with van der Waals surface area (Å²) in [6.45, 7) is 1.59. The first-order chi connectivity index (χ1) is 5.36. The largest absolute Gasteiger partial charge is 0.390 e. The Bertz CT molecular complexity index is 210. The lowest BCUT2D eigenvalue weighted by Gasteiger charge is -1.96. The van der Waals surface area contributed by atoms with Gasteiger partial charge in [-0.3, -0.25) is 4.68 Å². The summed E-state index contributed by atoms with van der Waals surface area (Å²) in [6, 6.07) is 0. The molecule has 0 saturated carbocycles. The normalized spacial score (nSPS) is 10.4. The van der Waals surface area contributed by atoms with Crippen LogP contribution in [0.1, 0.15) is 5.69 Å². The zero-order chi connectivity index (χ0) is 8.10. The number of hydrogen-bond acceptors (Lipinski definition) is 4. The quantitative estimate of drug-likeness (QED) is 0.586. The van der Waals surface area contributed by atoms with Crippen molar-refractivity contribution in [2.75, 3.05) is 13.6 Å². The van der Waals surface area contributed by atoms with Crippen molar-refractivity contribution >= 4 is 0 Å². The summed E-state index contributed by atoms with van der Waals surface area (Å²) in [5.41, 5.74) is 0.612. The van der Waals surface area contributed by atoms with Crippen LogP contribution in [0.2, 0.25) is 0 Å². The van der Waals surface area contributed by atoms with Crippen molar-refractivity contribution in [2.24, 2.45) is 0 Å². The van der Waals surface area contributed by atoms with Gasteiger partial charge in [0.1, 0.15) is 5.69 Å². The Kier molecular flexibility index (Phi) is 3.00. The number of likely N-dealkylation sites (N-methyl/N-ethyl adjacent to an activating group) is 1. The fourth-order valence-electron chi connectivity index (χ4n) is 0.747. The summed E-state index contributed by atoms with van der Waals surface area (Å²) in [6.07, 6.45) is 1.73. The van der Waals surface area contributed by atoms with Gasteiger partial charge in [-0.25, -0.2) is 0 Å². The minimum atomic E-state index is -0.0421. The van der Waals surface area contributed by atoms with Gasteiger partial charge in [-0.2, -0.15) is 0 Å². The van der Waals surface area contributed by atoms with E-state index in [0.29, 0.717) is 5.69 Å². The molecule has 0 bridgehead atoms. The van der Waals surface area contributed by atoms with Crippen LogP contribution in [0, 0.1) is 0 Å². The van der Waals surface area contributed by atoms with Crippen LogP contribution >= 0.6 is 0 Å². The van der Waals surface area contributed by atoms with Gasteiger partial charge in [-0.05, 0) is 7.05 Å². The molecule has 0 amide bonds. The Balaban J connectivity index is 2.44. The number of rotatable bonds is 4. The van der Waals surface area contributed by atoms with Crippen molar-refractivity contribution in [1.82, 2.24) is 20.3 Å². The molecule has 1 aromatic heterocycles. The van der Waals surface area contributed by atoms with Gasteiger partial charge < -0.3 is 10.4 Å². The van der Waals surface area contributed by atoms with Gasteiger partial charge in [0.25, 0.3) is 0 Å². The third kappa shape index (κ3) is 2.28. The van der Waals surface area contributed by atoms with E-state index in [4.69, 9.17) is 5.11 Å². The van der Waals surface area contributed by atoms with Crippen LogP contribution in [-0.4, -0.2) is 33.7 Å². The molecule has 0 unspecified atom stereocenters. The lowest BCUT2D eigenvalue weighted by Crippen LogP contribution is -2.15. The fraction of sp³-hybridized carbons (Fsp3) is 0.667. The molecule has 1 heterocycles. The van der Waals surface area contributed by atoms with Gasteiger partial charge in [0.05, 0.1) is 19.3 Å². The lowest BCUT2D eigenvalue weighted by atomic mass is 10.5. The molecule has 0 aliphatic carbocycles. The van der Waals surface area contributed by atoms with Crippen LogP contribution in [0.4, 0.5) is 0 Å². The standard InChI is InChI=1S/C6H12N4O/c1-7-2-3-10-4-6(5-11)8-9-10/h4,7,11H,2-3,5H2,1H3. The van der Waals surface area contributed by atoms with Gasteiger partial charge in [0.15, 0.2) is 0 Å². The van der Waals surface area contributed by atoms with E-state index in [1.54, 1.807) is 10.9 Å². The van der Waals surface area contributed by atoms with Gasteiger partial charge in [0, 0.05) is 6.54 Å². The average molecular weight is 156 g/mol. The second kappa shape index (κ2) is 4.05. The zero-order valence-corrected chi connectivity index (χ0v) is 6.49. The molecule has 0 aliphatic heterocycles. The number of hydrogen-bond donors (Lipinski definition) is 2. The Labute approximate surface area is 65.0 Å². The molecular weight excluding hydrogens is 144 g/mol. The Hall–Kier alpha value is -0.940. The van der Waals surface area contributed by atoms with Crippen LogP contribution in [0.5, 0.6) is 0 Å². The Morgan fingerprint density at radius 2 is 2.55 bits per heavy atom. The molecule has 0 atom stereocenters. The highest BCUT2D eigenvalue weighted by atomic mass is 16.3. The van der Waals surface area contributed by atoms with Crippen molar-refractivity contribution in [3.8, 4) is 0 Å². The van der Waals surface area contributed by atoms with Crippen LogP contribution in [0.3, 0.4) is 0 Å². The highest BCUT2D eigenvalue weighted by Gasteiger charge is 1.96. The molecule has 5 heteroatoms. The van der Waals surface area contributed by atoms with Gasteiger partial charge in [-0.15, -0.1) is 5.10 Å². The topological polar surface area (TPSA) is 63.0 Å². The third-order valence-electron chi connectivity index (χ3n) is 1.34. The highest BCUT2D eigenvalue weighted by Crippen LogP contribution is 1.90. The SMILES string of the molecule is CNCCn1cc(CO)nn1. The van der Waals surface area contributed by atoms with Crippen LogP contribution < -0.4 is 5.32 Å². The van der Waals surface area contributed by atoms with Gasteiger partial charge >= 0.3 is 0 Å². The second-order valence-electron chi connectivity index (χ2n) is 2.23. The first-order valence-corrected chi connectivity index (χ1v) is 3.51. The molecule has 11 heavy (non-hydrogen) atoms. The number of aliphatic hydroxyl groups is 1. The Morgan fingerprint density at radius 1 is 1.73 bits per heavy atom. The first-order valence-electron chi connectivity index (χ1n) is 3.51. The summed E-state index contributed by atoms with van der Waals surface area (Å²) in [5, 5.41) is 19.2. The van der Waals surface area contributed by atoms with E-state index in [1.807, 2.05) is 7.05 Å². The molecule has 0 radical (unpaired) electrons. The van der Waals surface area contributed by atoms with Crippen molar-refractivity contribution in [3.63, 3.8) is 0 Å². The van der Waals surface area contributed by atoms with E-state index in [9.17, 15) is 0 Å². The molecule has 1 rings (SSSR count). The van der Waals surface area contributed by atoms with Crippen molar-refractivity contribution in [2.45, 2.75) is 13.2 Å². The molecule has 0 saturated heterocycles. The molecule has 1 aromatic rings. The maximum Gasteiger partial charge on any atom is 0.108 e. The highest BCUT2D eigenvalue weighted by molar-refractivity contribution is 4.88. The Morgan fingerprint density at radius 3 is 3.09 bits per heavy atom. The number of nitrogens with one attached hydrogen (secondary N) is 1. The maximum atomic E-state index is 8.64. The molecule has 0 aliphatic rings. The summed E-state index contributed by atoms with van der Waals surface area (Å²) in [7, 11) is 1.88. The van der Waals surface area contributed by atoms with Gasteiger partial charge in [0.2, 0.25) is 0 Å². The summed E-state index contributed by atoms with van der Waals surface area (Å²) in [5.74, 6) is 0. The van der Waals surface area contributed by atoms with E-state index in [0.717, 1.165) is 13.1 Å². The molecule has 0 spiro atoms. The summed E-state index contributed by atoms with van der Waals surface area (Å²) >= 11 is 0. The maximum absolute atomic E-state index is 8.64. The number of aromatic nitrogens is 3. The molecular formula is C6H12N4O. The fourth-order valence-corrected chi connectivity index (χ4v) is 0.747. The molecule has 5 nitrogen and oxygen atoms in total. The monoisotopic (exact) mass is 156 g/mol. The van der Waals surface area contributed by atoms with E-state index >= 15 is 0 Å². The number of aliphatic hydroxyl groups excluding tert-OH is 1. The minimum Gasteiger partial charge on any atom is -0.390 e. The van der Waals surface area contributed by atoms with Crippen LogP contribution in [0.15, 0.2) is 6.20 Å². The second-order valence-corrected chi connectivity index (χ2v) is 2.23. The molecule has 2 N–H and O–H groups in total. The van der Waals surface area contributed by atoms with E-state index in [-0.39, 0.29) is 6.61 Å². The van der Waals surface area contributed by atoms with Crippen molar-refractivity contribution in [3.05, 3.63) is 11.9 Å². The smallest absolute Gasteiger partial charge is 0.108 e. The molecule has 62 valence electrons. The number of nitrogens with zero attached hydrogens (tertiary/aromatic N) is 3. The predicted molar refractivity (Wildman–Crippen MR) is 39.9 cm³/mol. The first kappa shape index (κ1) is 8.16. The lowest BCUT2D eigenvalue weighted by molar-refractivity contribution is 0.276. The van der Waals surface area contributed by atoms with Gasteiger partial charge in [-0.1, -0.05) is 5.21 Å². The third-order valence-corrected chi connectivity index (χ3v) is 1.34. The van der Waals surface area contributed by atoms with E-state index in [1.165, 1.54) is 0 Å². The van der Waals surface area contributed by atoms with Crippen LogP contribution in [0.25, 0.3) is 0 Å².